The molecule has 1 aromatic carbocycles. The number of nitrogens with two attached hydrogens (primary N) is 1. The summed E-state index contributed by atoms with van der Waals surface area (Å²) in [5.41, 5.74) is 5.65. The summed E-state index contributed by atoms with van der Waals surface area (Å²) in [7, 11) is 1.81. The van der Waals surface area contributed by atoms with Crippen LogP contribution in [0, 0.1) is 23.4 Å². The van der Waals surface area contributed by atoms with Crippen LogP contribution in [0.4, 0.5) is 13.2 Å². The van der Waals surface area contributed by atoms with Crippen LogP contribution < -0.4 is 5.73 Å². The Morgan fingerprint density at radius 3 is 2.65 bits per heavy atom. The fourth-order valence-corrected chi connectivity index (χ4v) is 2.46. The molecule has 5 heteroatoms. The predicted molar refractivity (Wildman–Crippen MR) is 58.8 cm³/mol. The second-order valence-corrected chi connectivity index (χ2v) is 4.58. The number of nitrogens with zero attached hydrogens (tertiary/aromatic N) is 1. The van der Waals surface area contributed by atoms with Crippen molar-refractivity contribution in [2.24, 2.45) is 11.7 Å². The fourth-order valence-electron chi connectivity index (χ4n) is 2.46. The third-order valence-corrected chi connectivity index (χ3v) is 3.35. The maximum absolute atomic E-state index is 13.6. The lowest BCUT2D eigenvalue weighted by Crippen LogP contribution is -2.21. The van der Waals surface area contributed by atoms with Crippen LogP contribution in [0.2, 0.25) is 0 Å². The van der Waals surface area contributed by atoms with E-state index >= 15 is 0 Å². The van der Waals surface area contributed by atoms with Crippen LogP contribution in [0.3, 0.4) is 0 Å². The Hall–Kier alpha value is -1.07. The van der Waals surface area contributed by atoms with Crippen LogP contribution >= 0.6 is 0 Å². The average molecular weight is 244 g/mol. The molecule has 2 nitrogen and oxygen atoms in total. The van der Waals surface area contributed by atoms with Gasteiger partial charge in [0, 0.05) is 24.2 Å². The van der Waals surface area contributed by atoms with Gasteiger partial charge in [-0.15, -0.1) is 0 Å². The van der Waals surface area contributed by atoms with Crippen LogP contribution in [0.25, 0.3) is 0 Å². The van der Waals surface area contributed by atoms with Crippen molar-refractivity contribution in [3.8, 4) is 0 Å². The molecule has 0 saturated carbocycles. The predicted octanol–water partition coefficient (Wildman–Crippen LogP) is 2.06. The van der Waals surface area contributed by atoms with Crippen molar-refractivity contribution in [3.05, 3.63) is 35.1 Å². The van der Waals surface area contributed by atoms with Crippen LogP contribution in [0.1, 0.15) is 18.0 Å². The highest BCUT2D eigenvalue weighted by molar-refractivity contribution is 5.24. The summed E-state index contributed by atoms with van der Waals surface area (Å²) in [6, 6.07) is 1.33. The van der Waals surface area contributed by atoms with Crippen molar-refractivity contribution in [3.63, 3.8) is 0 Å². The molecule has 0 radical (unpaired) electrons. The van der Waals surface area contributed by atoms with Gasteiger partial charge in [-0.1, -0.05) is 0 Å². The quantitative estimate of drug-likeness (QED) is 0.807. The lowest BCUT2D eigenvalue weighted by atomic mass is 9.99. The van der Waals surface area contributed by atoms with E-state index in [-0.39, 0.29) is 17.5 Å². The maximum atomic E-state index is 13.6. The first-order chi connectivity index (χ1) is 8.02. The van der Waals surface area contributed by atoms with Crippen molar-refractivity contribution >= 4 is 0 Å². The molecule has 2 N–H and O–H groups in total. The molecular weight excluding hydrogens is 229 g/mol. The van der Waals surface area contributed by atoms with Gasteiger partial charge >= 0.3 is 0 Å². The zero-order chi connectivity index (χ0) is 12.6. The molecule has 1 heterocycles. The van der Waals surface area contributed by atoms with Crippen LogP contribution in [0.5, 0.6) is 0 Å². The van der Waals surface area contributed by atoms with E-state index < -0.39 is 17.5 Å². The average Bonchev–Trinajstić information content (AvgIpc) is 2.65. The highest BCUT2D eigenvalue weighted by Crippen LogP contribution is 2.35. The van der Waals surface area contributed by atoms with E-state index in [1.165, 1.54) is 0 Å². The summed E-state index contributed by atoms with van der Waals surface area (Å²) in [6.45, 7) is 1.22. The number of likely N-dealkylation sites (tertiary alicyclic amines) is 1. The Morgan fingerprint density at radius 2 is 2.06 bits per heavy atom. The molecule has 2 unspecified atom stereocenters. The summed E-state index contributed by atoms with van der Waals surface area (Å²) >= 11 is 0. The monoisotopic (exact) mass is 244 g/mol. The van der Waals surface area contributed by atoms with Crippen molar-refractivity contribution in [2.45, 2.75) is 12.5 Å². The normalized spacial score (nSPS) is 25.5. The fraction of sp³-hybridized carbons (Fsp3) is 0.500. The first kappa shape index (κ1) is 12.4. The molecule has 0 aliphatic carbocycles. The number of hydrogen-bond donors (Lipinski definition) is 1. The molecule has 1 aromatic rings. The van der Waals surface area contributed by atoms with Gasteiger partial charge in [0.25, 0.3) is 0 Å². The number of hydrogen-bond acceptors (Lipinski definition) is 2. The van der Waals surface area contributed by atoms with E-state index in [1.807, 2.05) is 11.9 Å². The second-order valence-electron chi connectivity index (χ2n) is 4.58. The van der Waals surface area contributed by atoms with E-state index in [0.717, 1.165) is 12.6 Å². The summed E-state index contributed by atoms with van der Waals surface area (Å²) in [6.07, 6.45) is 0.632. The largest absolute Gasteiger partial charge is 0.330 e. The molecule has 1 aliphatic rings. The minimum Gasteiger partial charge on any atom is -0.330 e. The molecule has 94 valence electrons. The standard InChI is InChI=1S/C12H15F3N2/c1-17-6-7(5-16)2-11(17)9-3-8(13)4-10(14)12(9)15/h3-4,7,11H,2,5-6,16H2,1H3. The highest BCUT2D eigenvalue weighted by atomic mass is 19.2. The van der Waals surface area contributed by atoms with Crippen LogP contribution in [0.15, 0.2) is 12.1 Å². The van der Waals surface area contributed by atoms with Gasteiger partial charge in [0.2, 0.25) is 0 Å². The topological polar surface area (TPSA) is 29.3 Å². The Labute approximate surface area is 98.2 Å². The van der Waals surface area contributed by atoms with Gasteiger partial charge in [0.05, 0.1) is 0 Å². The molecule has 1 saturated heterocycles. The summed E-state index contributed by atoms with van der Waals surface area (Å²) in [5.74, 6) is -2.59. The zero-order valence-electron chi connectivity index (χ0n) is 9.59. The molecule has 0 spiro atoms. The molecular formula is C12H15F3N2. The van der Waals surface area contributed by atoms with E-state index in [2.05, 4.69) is 0 Å². The van der Waals surface area contributed by atoms with E-state index in [1.54, 1.807) is 0 Å². The number of halogens is 3. The summed E-state index contributed by atoms with van der Waals surface area (Å²) in [4.78, 5) is 1.88. The van der Waals surface area contributed by atoms with Gasteiger partial charge in [0.15, 0.2) is 11.6 Å². The molecule has 2 rings (SSSR count). The molecule has 1 aliphatic heterocycles. The molecule has 2 atom stereocenters. The van der Waals surface area contributed by atoms with Gasteiger partial charge in [-0.05, 0) is 32.0 Å². The number of benzene rings is 1. The van der Waals surface area contributed by atoms with Gasteiger partial charge in [-0.2, -0.15) is 0 Å². The SMILES string of the molecule is CN1CC(CN)CC1c1cc(F)cc(F)c1F. The smallest absolute Gasteiger partial charge is 0.163 e. The Morgan fingerprint density at radius 1 is 1.35 bits per heavy atom. The minimum atomic E-state index is -1.13. The van der Waals surface area contributed by atoms with Crippen LogP contribution in [-0.4, -0.2) is 25.0 Å². The first-order valence-electron chi connectivity index (χ1n) is 5.57. The van der Waals surface area contributed by atoms with Gasteiger partial charge in [0.1, 0.15) is 5.82 Å². The molecule has 1 fully saturated rings. The Kier molecular flexibility index (Phi) is 3.40. The summed E-state index contributed by atoms with van der Waals surface area (Å²) in [5, 5.41) is 0. The van der Waals surface area contributed by atoms with Gasteiger partial charge in [-0.3, -0.25) is 4.90 Å². The number of rotatable bonds is 2. The van der Waals surface area contributed by atoms with Crippen molar-refractivity contribution in [2.75, 3.05) is 20.1 Å². The first-order valence-corrected chi connectivity index (χ1v) is 5.57. The van der Waals surface area contributed by atoms with Crippen molar-refractivity contribution in [1.82, 2.24) is 4.90 Å². The summed E-state index contributed by atoms with van der Waals surface area (Å²) < 4.78 is 39.9. The molecule has 0 amide bonds. The highest BCUT2D eigenvalue weighted by Gasteiger charge is 2.32. The molecule has 17 heavy (non-hydrogen) atoms. The van der Waals surface area contributed by atoms with E-state index in [9.17, 15) is 13.2 Å². The zero-order valence-corrected chi connectivity index (χ0v) is 9.59. The second kappa shape index (κ2) is 4.66. The molecule has 0 aromatic heterocycles. The minimum absolute atomic E-state index is 0.0842. The van der Waals surface area contributed by atoms with Crippen LogP contribution in [-0.2, 0) is 0 Å². The van der Waals surface area contributed by atoms with E-state index in [0.29, 0.717) is 19.0 Å². The van der Waals surface area contributed by atoms with Gasteiger partial charge < -0.3 is 5.73 Å². The maximum Gasteiger partial charge on any atom is 0.163 e. The van der Waals surface area contributed by atoms with Gasteiger partial charge in [-0.25, -0.2) is 13.2 Å². The van der Waals surface area contributed by atoms with E-state index in [4.69, 9.17) is 5.73 Å². The van der Waals surface area contributed by atoms with Crippen molar-refractivity contribution in [1.29, 1.82) is 0 Å². The lowest BCUT2D eigenvalue weighted by Gasteiger charge is -2.20. The third-order valence-electron chi connectivity index (χ3n) is 3.35. The van der Waals surface area contributed by atoms with Crippen molar-refractivity contribution < 1.29 is 13.2 Å². The Balaban J connectivity index is 2.34. The lowest BCUT2D eigenvalue weighted by molar-refractivity contribution is 0.302. The third kappa shape index (κ3) is 2.30. The molecule has 0 bridgehead atoms. The Bertz CT molecular complexity index is 422.